The van der Waals surface area contributed by atoms with Gasteiger partial charge in [0.25, 0.3) is 0 Å². The second-order valence-corrected chi connectivity index (χ2v) is 8.78. The van der Waals surface area contributed by atoms with Crippen LogP contribution in [0.25, 0.3) is 0 Å². The van der Waals surface area contributed by atoms with E-state index in [9.17, 15) is 4.79 Å². The zero-order chi connectivity index (χ0) is 18.9. The summed E-state index contributed by atoms with van der Waals surface area (Å²) in [6, 6.07) is 10.6. The van der Waals surface area contributed by atoms with Gasteiger partial charge in [0, 0.05) is 44.5 Å². The molecule has 1 amide bonds. The van der Waals surface area contributed by atoms with Crippen molar-refractivity contribution in [1.29, 1.82) is 0 Å². The van der Waals surface area contributed by atoms with Crippen LogP contribution in [0.15, 0.2) is 42.7 Å². The zero-order valence-corrected chi connectivity index (χ0v) is 16.5. The second kappa shape index (κ2) is 7.70. The Morgan fingerprint density at radius 2 is 1.89 bits per heavy atom. The minimum Gasteiger partial charge on any atom is -0.342 e. The van der Waals surface area contributed by atoms with Gasteiger partial charge in [-0.3, -0.25) is 9.69 Å². The van der Waals surface area contributed by atoms with E-state index in [2.05, 4.69) is 55.9 Å². The van der Waals surface area contributed by atoms with E-state index < -0.39 is 0 Å². The van der Waals surface area contributed by atoms with Crippen LogP contribution in [-0.2, 0) is 17.9 Å². The third-order valence-electron chi connectivity index (χ3n) is 7.06. The maximum Gasteiger partial charge on any atom is 0.226 e. The Kier molecular flexibility index (Phi) is 4.93. The van der Waals surface area contributed by atoms with Gasteiger partial charge in [-0.1, -0.05) is 30.3 Å². The number of fused-ring (bicyclic) bond motifs is 1. The highest BCUT2D eigenvalue weighted by molar-refractivity contribution is 5.80. The Balaban J connectivity index is 1.21. The molecule has 1 aromatic heterocycles. The monoisotopic (exact) mass is 378 g/mol. The average Bonchev–Trinajstić information content (AvgIpc) is 3.37. The van der Waals surface area contributed by atoms with Crippen molar-refractivity contribution in [2.75, 3.05) is 26.2 Å². The van der Waals surface area contributed by atoms with Crippen molar-refractivity contribution in [2.45, 2.75) is 38.8 Å². The van der Waals surface area contributed by atoms with Crippen molar-refractivity contribution >= 4 is 5.91 Å². The van der Waals surface area contributed by atoms with E-state index in [-0.39, 0.29) is 5.92 Å². The third-order valence-corrected chi connectivity index (χ3v) is 7.06. The minimum atomic E-state index is 0.273. The summed E-state index contributed by atoms with van der Waals surface area (Å²) in [5.74, 6) is 3.15. The molecule has 2 saturated heterocycles. The fourth-order valence-electron chi connectivity index (χ4n) is 5.37. The van der Waals surface area contributed by atoms with Crippen LogP contribution in [0.5, 0.6) is 0 Å². The first-order valence-corrected chi connectivity index (χ1v) is 10.8. The molecule has 0 N–H and O–H groups in total. The van der Waals surface area contributed by atoms with Crippen LogP contribution in [0.4, 0.5) is 0 Å². The summed E-state index contributed by atoms with van der Waals surface area (Å²) in [5.41, 5.74) is 1.30. The topological polar surface area (TPSA) is 41.4 Å². The maximum absolute atomic E-state index is 12.9. The molecule has 5 rings (SSSR count). The maximum atomic E-state index is 12.9. The molecular formula is C23H30N4O. The molecular weight excluding hydrogens is 348 g/mol. The number of carbonyl (C=O) groups excluding carboxylic acids is 1. The van der Waals surface area contributed by atoms with Crippen molar-refractivity contribution in [3.8, 4) is 0 Å². The fourth-order valence-corrected chi connectivity index (χ4v) is 5.37. The molecule has 1 aliphatic carbocycles. The predicted molar refractivity (Wildman–Crippen MR) is 109 cm³/mol. The first-order chi connectivity index (χ1) is 13.8. The van der Waals surface area contributed by atoms with Gasteiger partial charge in [-0.2, -0.15) is 0 Å². The van der Waals surface area contributed by atoms with Gasteiger partial charge in [0.05, 0.1) is 6.54 Å². The Hall–Kier alpha value is -2.14. The van der Waals surface area contributed by atoms with Gasteiger partial charge in [0.1, 0.15) is 5.82 Å². The number of rotatable bonds is 5. The first kappa shape index (κ1) is 17.9. The molecule has 3 aliphatic rings. The summed E-state index contributed by atoms with van der Waals surface area (Å²) in [6.07, 6.45) is 8.71. The predicted octanol–water partition coefficient (Wildman–Crippen LogP) is 3.01. The highest BCUT2D eigenvalue weighted by atomic mass is 16.2. The summed E-state index contributed by atoms with van der Waals surface area (Å²) in [4.78, 5) is 22.1. The normalized spacial score (nSPS) is 27.4. The summed E-state index contributed by atoms with van der Waals surface area (Å²) < 4.78 is 2.26. The summed E-state index contributed by atoms with van der Waals surface area (Å²) in [7, 11) is 0. The number of aromatic nitrogens is 2. The van der Waals surface area contributed by atoms with Crippen molar-refractivity contribution in [2.24, 2.45) is 17.8 Å². The second-order valence-electron chi connectivity index (χ2n) is 8.78. The standard InChI is InChI=1S/C23H30N4O/c28-23(26-10-4-5-11-26)20-14-19-8-12-25(16-21(19)20)17-22-24-9-13-27(22)15-18-6-2-1-3-7-18/h1-3,6-7,9,13,19-21H,4-5,8,10-12,14-17H2/t19-,20-,21-/m1/s1. The van der Waals surface area contributed by atoms with Gasteiger partial charge in [-0.15, -0.1) is 0 Å². The summed E-state index contributed by atoms with van der Waals surface area (Å²) in [5, 5.41) is 0. The van der Waals surface area contributed by atoms with Crippen LogP contribution >= 0.6 is 0 Å². The average molecular weight is 379 g/mol. The molecule has 148 valence electrons. The van der Waals surface area contributed by atoms with Gasteiger partial charge in [-0.25, -0.2) is 4.98 Å². The molecule has 5 nitrogen and oxygen atoms in total. The van der Waals surface area contributed by atoms with Crippen molar-refractivity contribution in [1.82, 2.24) is 19.4 Å². The highest BCUT2D eigenvalue weighted by Gasteiger charge is 2.48. The Morgan fingerprint density at radius 1 is 1.07 bits per heavy atom. The van der Waals surface area contributed by atoms with Crippen molar-refractivity contribution in [3.63, 3.8) is 0 Å². The van der Waals surface area contributed by atoms with E-state index in [1.165, 1.54) is 24.8 Å². The molecule has 5 heteroatoms. The Labute approximate surface area is 167 Å². The molecule has 1 saturated carbocycles. The third kappa shape index (κ3) is 3.48. The lowest BCUT2D eigenvalue weighted by Crippen LogP contribution is -2.55. The van der Waals surface area contributed by atoms with Crippen LogP contribution in [0.3, 0.4) is 0 Å². The van der Waals surface area contributed by atoms with E-state index in [0.29, 0.717) is 11.8 Å². The zero-order valence-electron chi connectivity index (χ0n) is 16.5. The van der Waals surface area contributed by atoms with Crippen LogP contribution in [-0.4, -0.2) is 51.4 Å². The molecule has 3 heterocycles. The number of carbonyl (C=O) groups is 1. The number of nitrogens with zero attached hydrogens (tertiary/aromatic N) is 4. The smallest absolute Gasteiger partial charge is 0.226 e. The van der Waals surface area contributed by atoms with Crippen molar-refractivity contribution in [3.05, 3.63) is 54.1 Å². The van der Waals surface area contributed by atoms with Crippen LogP contribution < -0.4 is 0 Å². The van der Waals surface area contributed by atoms with E-state index >= 15 is 0 Å². The van der Waals surface area contributed by atoms with Gasteiger partial charge < -0.3 is 9.47 Å². The molecule has 0 bridgehead atoms. The van der Waals surface area contributed by atoms with Crippen molar-refractivity contribution < 1.29 is 4.79 Å². The molecule has 28 heavy (non-hydrogen) atoms. The number of hydrogen-bond donors (Lipinski definition) is 0. The van der Waals surface area contributed by atoms with Gasteiger partial charge in [-0.05, 0) is 49.6 Å². The number of imidazole rings is 1. The van der Waals surface area contributed by atoms with Gasteiger partial charge in [0.15, 0.2) is 0 Å². The lowest BCUT2D eigenvalue weighted by molar-refractivity contribution is -0.147. The fraction of sp³-hybridized carbons (Fsp3) is 0.565. The van der Waals surface area contributed by atoms with E-state index in [0.717, 1.165) is 57.4 Å². The molecule has 0 spiro atoms. The summed E-state index contributed by atoms with van der Waals surface area (Å²) >= 11 is 0. The van der Waals surface area contributed by atoms with E-state index in [1.54, 1.807) is 0 Å². The molecule has 1 aromatic carbocycles. The molecule has 2 aliphatic heterocycles. The highest BCUT2D eigenvalue weighted by Crippen LogP contribution is 2.46. The molecule has 3 atom stereocenters. The van der Waals surface area contributed by atoms with Crippen LogP contribution in [0.1, 0.15) is 37.1 Å². The van der Waals surface area contributed by atoms with Crippen LogP contribution in [0.2, 0.25) is 0 Å². The SMILES string of the molecule is O=C([C@@H]1C[C@H]2CCN(Cc3nccn3Cc3ccccc3)C[C@H]21)N1CCCC1. The molecule has 3 fully saturated rings. The van der Waals surface area contributed by atoms with Crippen LogP contribution in [0, 0.1) is 17.8 Å². The van der Waals surface area contributed by atoms with E-state index in [4.69, 9.17) is 0 Å². The lowest BCUT2D eigenvalue weighted by Gasteiger charge is -2.51. The Morgan fingerprint density at radius 3 is 2.71 bits per heavy atom. The first-order valence-electron chi connectivity index (χ1n) is 10.8. The number of piperidine rings is 1. The van der Waals surface area contributed by atoms with Gasteiger partial charge >= 0.3 is 0 Å². The molecule has 0 unspecified atom stereocenters. The molecule has 0 radical (unpaired) electrons. The number of likely N-dealkylation sites (tertiary alicyclic amines) is 2. The minimum absolute atomic E-state index is 0.273. The lowest BCUT2D eigenvalue weighted by atomic mass is 9.61. The Bertz CT molecular complexity index is 811. The van der Waals surface area contributed by atoms with E-state index in [1.807, 2.05) is 6.20 Å². The quantitative estimate of drug-likeness (QED) is 0.803. The molecule has 2 aromatic rings. The van der Waals surface area contributed by atoms with Gasteiger partial charge in [0.2, 0.25) is 5.91 Å². The number of hydrogen-bond acceptors (Lipinski definition) is 3. The summed E-state index contributed by atoms with van der Waals surface area (Å²) in [6.45, 7) is 5.89. The number of benzene rings is 1. The largest absolute Gasteiger partial charge is 0.342 e. The number of amides is 1.